The highest BCUT2D eigenvalue weighted by atomic mass is 16.4. The minimum absolute atomic E-state index is 0.0549. The summed E-state index contributed by atoms with van der Waals surface area (Å²) in [7, 11) is 0. The van der Waals surface area contributed by atoms with Gasteiger partial charge in [0.1, 0.15) is 18.1 Å². The number of amides is 3. The molecule has 30 heavy (non-hydrogen) atoms. The summed E-state index contributed by atoms with van der Waals surface area (Å²) in [5, 5.41) is 33.2. The number of hydrogen-bond donors (Lipinski definition) is 9. The van der Waals surface area contributed by atoms with Crippen molar-refractivity contribution in [1.29, 1.82) is 0 Å². The highest BCUT2D eigenvalue weighted by molar-refractivity contribution is 5.94. The first-order chi connectivity index (χ1) is 14.0. The van der Waals surface area contributed by atoms with E-state index >= 15 is 0 Å². The van der Waals surface area contributed by atoms with E-state index in [9.17, 15) is 29.1 Å². The molecule has 0 saturated carbocycles. The first-order valence-corrected chi connectivity index (χ1v) is 8.71. The molecule has 3 atom stereocenters. The number of nitrogens with two attached hydrogens (primary N) is 3. The molecule has 0 aromatic carbocycles. The molecule has 0 aromatic rings. The van der Waals surface area contributed by atoms with Crippen molar-refractivity contribution in [3.05, 3.63) is 0 Å². The van der Waals surface area contributed by atoms with Crippen LogP contribution in [0.3, 0.4) is 0 Å². The third kappa shape index (κ3) is 11.4. The van der Waals surface area contributed by atoms with E-state index in [4.69, 9.17) is 27.4 Å². The van der Waals surface area contributed by atoms with Gasteiger partial charge in [0.2, 0.25) is 17.7 Å². The van der Waals surface area contributed by atoms with Crippen molar-refractivity contribution in [2.24, 2.45) is 22.2 Å². The second kappa shape index (κ2) is 13.7. The third-order valence-corrected chi connectivity index (χ3v) is 3.55. The summed E-state index contributed by atoms with van der Waals surface area (Å²) >= 11 is 0. The molecular formula is C15H27N7O8. The van der Waals surface area contributed by atoms with Crippen LogP contribution in [-0.2, 0) is 24.0 Å². The summed E-state index contributed by atoms with van der Waals surface area (Å²) in [5.74, 6) is -5.78. The molecule has 0 rings (SSSR count). The van der Waals surface area contributed by atoms with Crippen molar-refractivity contribution in [2.75, 3.05) is 19.7 Å². The predicted octanol–water partition coefficient (Wildman–Crippen LogP) is -5.00. The van der Waals surface area contributed by atoms with Gasteiger partial charge >= 0.3 is 11.9 Å². The Labute approximate surface area is 171 Å². The smallest absolute Gasteiger partial charge is 0.326 e. The monoisotopic (exact) mass is 433 g/mol. The number of carbonyl (C=O) groups excluding carboxylic acids is 3. The molecule has 0 aliphatic rings. The van der Waals surface area contributed by atoms with Crippen LogP contribution in [0.15, 0.2) is 4.99 Å². The summed E-state index contributed by atoms with van der Waals surface area (Å²) in [6.45, 7) is -1.18. The maximum Gasteiger partial charge on any atom is 0.326 e. The number of aliphatic carboxylic acids is 2. The molecule has 0 heterocycles. The van der Waals surface area contributed by atoms with Crippen LogP contribution in [0.4, 0.5) is 0 Å². The molecule has 0 fully saturated rings. The first-order valence-electron chi connectivity index (χ1n) is 8.71. The summed E-state index contributed by atoms with van der Waals surface area (Å²) in [5.41, 5.74) is 15.6. The van der Waals surface area contributed by atoms with Gasteiger partial charge in [-0.1, -0.05) is 0 Å². The van der Waals surface area contributed by atoms with Gasteiger partial charge in [-0.25, -0.2) is 4.79 Å². The van der Waals surface area contributed by atoms with Gasteiger partial charge in [0.15, 0.2) is 5.96 Å². The van der Waals surface area contributed by atoms with E-state index in [1.165, 1.54) is 0 Å². The van der Waals surface area contributed by atoms with Crippen molar-refractivity contribution in [2.45, 2.75) is 37.4 Å². The van der Waals surface area contributed by atoms with Crippen molar-refractivity contribution >= 4 is 35.6 Å². The summed E-state index contributed by atoms with van der Waals surface area (Å²) in [6.07, 6.45) is -0.676. The minimum atomic E-state index is -1.60. The molecule has 12 N–H and O–H groups in total. The van der Waals surface area contributed by atoms with Gasteiger partial charge in [-0.3, -0.25) is 24.2 Å². The lowest BCUT2D eigenvalue weighted by molar-refractivity contribution is -0.143. The molecule has 0 spiro atoms. The molecule has 3 unspecified atom stereocenters. The Morgan fingerprint density at radius 2 is 1.60 bits per heavy atom. The summed E-state index contributed by atoms with van der Waals surface area (Å²) in [6, 6.07) is -4.23. The SMILES string of the molecule is NC(N)=NCCCC(NC(=O)C(CC(=O)O)NC(=O)CNC(=O)C(N)CO)C(=O)O. The molecule has 0 saturated heterocycles. The molecule has 0 radical (unpaired) electrons. The number of aliphatic hydroxyl groups excluding tert-OH is 1. The van der Waals surface area contributed by atoms with Gasteiger partial charge in [0.25, 0.3) is 0 Å². The average Bonchev–Trinajstić information content (AvgIpc) is 2.66. The summed E-state index contributed by atoms with van der Waals surface area (Å²) < 4.78 is 0. The normalized spacial score (nSPS) is 13.3. The second-order valence-corrected chi connectivity index (χ2v) is 6.07. The lowest BCUT2D eigenvalue weighted by Crippen LogP contribution is -2.54. The van der Waals surface area contributed by atoms with Gasteiger partial charge in [0, 0.05) is 6.54 Å². The van der Waals surface area contributed by atoms with Crippen LogP contribution in [0.2, 0.25) is 0 Å². The molecule has 0 aliphatic carbocycles. The number of aliphatic hydroxyl groups is 1. The van der Waals surface area contributed by atoms with Gasteiger partial charge in [-0.2, -0.15) is 0 Å². The third-order valence-electron chi connectivity index (χ3n) is 3.55. The van der Waals surface area contributed by atoms with Crippen LogP contribution in [0, 0.1) is 0 Å². The molecule has 15 nitrogen and oxygen atoms in total. The maximum absolute atomic E-state index is 12.3. The lowest BCUT2D eigenvalue weighted by Gasteiger charge is -2.20. The molecule has 0 aliphatic heterocycles. The van der Waals surface area contributed by atoms with E-state index in [-0.39, 0.29) is 25.3 Å². The first kappa shape index (κ1) is 26.5. The Morgan fingerprint density at radius 1 is 0.967 bits per heavy atom. The van der Waals surface area contributed by atoms with E-state index < -0.39 is 67.4 Å². The fourth-order valence-corrected chi connectivity index (χ4v) is 2.04. The van der Waals surface area contributed by atoms with Crippen molar-refractivity contribution in [3.63, 3.8) is 0 Å². The summed E-state index contributed by atoms with van der Waals surface area (Å²) in [4.78, 5) is 61.6. The van der Waals surface area contributed by atoms with Gasteiger partial charge in [-0.05, 0) is 12.8 Å². The Balaban J connectivity index is 4.92. The van der Waals surface area contributed by atoms with Crippen LogP contribution in [0.25, 0.3) is 0 Å². The lowest BCUT2D eigenvalue weighted by atomic mass is 10.1. The zero-order chi connectivity index (χ0) is 23.3. The molecule has 3 amide bonds. The number of carboxylic acid groups (broad SMARTS) is 2. The van der Waals surface area contributed by atoms with Crippen molar-refractivity contribution in [3.8, 4) is 0 Å². The Kier molecular flexibility index (Phi) is 12.1. The average molecular weight is 433 g/mol. The van der Waals surface area contributed by atoms with Crippen LogP contribution in [0.5, 0.6) is 0 Å². The Hall–Kier alpha value is -3.46. The standard InChI is InChI=1S/C15H27N7O8/c16-7(6-23)12(27)20-5-10(24)21-9(4-11(25)26)13(28)22-8(14(29)30)2-1-3-19-15(17)18/h7-9,23H,1-6,16H2,(H,20,27)(H,21,24)(H,22,28)(H,25,26)(H,29,30)(H4,17,18,19). The Bertz CT molecular complexity index is 665. The van der Waals surface area contributed by atoms with E-state index in [0.717, 1.165) is 0 Å². The van der Waals surface area contributed by atoms with Crippen LogP contribution >= 0.6 is 0 Å². The molecule has 15 heteroatoms. The number of nitrogens with zero attached hydrogens (tertiary/aromatic N) is 1. The fourth-order valence-electron chi connectivity index (χ4n) is 2.04. The number of carbonyl (C=O) groups is 5. The number of carboxylic acids is 2. The van der Waals surface area contributed by atoms with Crippen LogP contribution in [0.1, 0.15) is 19.3 Å². The highest BCUT2D eigenvalue weighted by Crippen LogP contribution is 2.01. The fraction of sp³-hybridized carbons (Fsp3) is 0.600. The highest BCUT2D eigenvalue weighted by Gasteiger charge is 2.28. The van der Waals surface area contributed by atoms with Gasteiger partial charge in [0.05, 0.1) is 19.6 Å². The zero-order valence-electron chi connectivity index (χ0n) is 16.0. The van der Waals surface area contributed by atoms with E-state index in [0.29, 0.717) is 0 Å². The molecule has 170 valence electrons. The molecule has 0 bridgehead atoms. The predicted molar refractivity (Wildman–Crippen MR) is 102 cm³/mol. The van der Waals surface area contributed by atoms with E-state index in [2.05, 4.69) is 20.9 Å². The van der Waals surface area contributed by atoms with Crippen LogP contribution in [-0.4, -0.2) is 88.8 Å². The Morgan fingerprint density at radius 3 is 2.10 bits per heavy atom. The van der Waals surface area contributed by atoms with E-state index in [1.54, 1.807) is 0 Å². The minimum Gasteiger partial charge on any atom is -0.481 e. The topological polar surface area (TPSA) is 273 Å². The van der Waals surface area contributed by atoms with Gasteiger partial charge < -0.3 is 48.5 Å². The van der Waals surface area contributed by atoms with Crippen molar-refractivity contribution in [1.82, 2.24) is 16.0 Å². The largest absolute Gasteiger partial charge is 0.481 e. The van der Waals surface area contributed by atoms with Crippen LogP contribution < -0.4 is 33.2 Å². The maximum atomic E-state index is 12.3. The van der Waals surface area contributed by atoms with E-state index in [1.807, 2.05) is 0 Å². The quantitative estimate of drug-likeness (QED) is 0.0710. The zero-order valence-corrected chi connectivity index (χ0v) is 16.0. The number of rotatable bonds is 14. The second-order valence-electron chi connectivity index (χ2n) is 6.07. The number of hydrogen-bond acceptors (Lipinski definition) is 8. The van der Waals surface area contributed by atoms with Gasteiger partial charge in [-0.15, -0.1) is 0 Å². The number of guanidine groups is 1. The molecule has 0 aromatic heterocycles. The number of aliphatic imine (C=N–C) groups is 1. The number of nitrogens with one attached hydrogen (secondary N) is 3. The van der Waals surface area contributed by atoms with Crippen molar-refractivity contribution < 1.29 is 39.3 Å². The molecular weight excluding hydrogens is 406 g/mol.